The van der Waals surface area contributed by atoms with E-state index < -0.39 is 10.0 Å². The van der Waals surface area contributed by atoms with Crippen molar-refractivity contribution in [3.8, 4) is 0 Å². The third-order valence-electron chi connectivity index (χ3n) is 3.90. The maximum absolute atomic E-state index is 11.4. The molecule has 0 saturated carbocycles. The Morgan fingerprint density at radius 2 is 1.96 bits per heavy atom. The van der Waals surface area contributed by atoms with Crippen LogP contribution in [-0.2, 0) is 16.6 Å². The van der Waals surface area contributed by atoms with Gasteiger partial charge in [-0.05, 0) is 35.4 Å². The molecule has 1 heterocycles. The summed E-state index contributed by atoms with van der Waals surface area (Å²) in [5.74, 6) is 0.701. The van der Waals surface area contributed by atoms with Gasteiger partial charge in [0.2, 0.25) is 10.0 Å². The molecule has 27 heavy (non-hydrogen) atoms. The zero-order valence-electron chi connectivity index (χ0n) is 14.9. The monoisotopic (exact) mass is 380 g/mol. The van der Waals surface area contributed by atoms with Crippen LogP contribution in [0.15, 0.2) is 73.7 Å². The average Bonchev–Trinajstić information content (AvgIpc) is 2.68. The Hall–Kier alpha value is -3.03. The van der Waals surface area contributed by atoms with Crippen molar-refractivity contribution < 1.29 is 8.42 Å². The molecule has 0 aliphatic carbocycles. The first kappa shape index (κ1) is 18.8. The van der Waals surface area contributed by atoms with Crippen LogP contribution < -0.4 is 9.62 Å². The van der Waals surface area contributed by atoms with E-state index >= 15 is 0 Å². The minimum Gasteiger partial charge on any atom is -0.294 e. The molecular weight excluding hydrogens is 360 g/mol. The van der Waals surface area contributed by atoms with Crippen LogP contribution in [0.3, 0.4) is 0 Å². The van der Waals surface area contributed by atoms with E-state index in [1.165, 1.54) is 6.33 Å². The third-order valence-corrected chi connectivity index (χ3v) is 4.57. The molecule has 0 radical (unpaired) electrons. The number of hydrogen-bond acceptors (Lipinski definition) is 5. The number of anilines is 3. The summed E-state index contributed by atoms with van der Waals surface area (Å²) in [5.41, 5.74) is 3.57. The highest BCUT2D eigenvalue weighted by Crippen LogP contribution is 2.35. The molecule has 0 bridgehead atoms. The Kier molecular flexibility index (Phi) is 5.63. The van der Waals surface area contributed by atoms with Gasteiger partial charge in [-0.1, -0.05) is 43.0 Å². The van der Waals surface area contributed by atoms with Crippen molar-refractivity contribution in [2.24, 2.45) is 0 Å². The lowest BCUT2D eigenvalue weighted by molar-refractivity contribution is 0.587. The van der Waals surface area contributed by atoms with Crippen molar-refractivity contribution in [1.29, 1.82) is 0 Å². The van der Waals surface area contributed by atoms with Crippen molar-refractivity contribution in [2.45, 2.75) is 6.54 Å². The van der Waals surface area contributed by atoms with Gasteiger partial charge in [-0.25, -0.2) is 23.1 Å². The van der Waals surface area contributed by atoms with Gasteiger partial charge in [0.05, 0.1) is 11.9 Å². The molecule has 1 N–H and O–H groups in total. The Balaban J connectivity index is 2.08. The molecular formula is C20H20N4O2S. The number of rotatable bonds is 7. The summed E-state index contributed by atoms with van der Waals surface area (Å²) < 4.78 is 25.3. The highest BCUT2D eigenvalue weighted by molar-refractivity contribution is 7.88. The van der Waals surface area contributed by atoms with Gasteiger partial charge < -0.3 is 0 Å². The van der Waals surface area contributed by atoms with E-state index in [0.717, 1.165) is 28.8 Å². The molecule has 3 aromatic rings. The van der Waals surface area contributed by atoms with E-state index in [1.807, 2.05) is 59.5 Å². The van der Waals surface area contributed by atoms with Crippen LogP contribution in [0.25, 0.3) is 6.08 Å². The maximum atomic E-state index is 11.4. The summed E-state index contributed by atoms with van der Waals surface area (Å²) in [4.78, 5) is 10.4. The first-order valence-electron chi connectivity index (χ1n) is 8.29. The molecule has 7 heteroatoms. The number of hydrogen-bond donors (Lipinski definition) is 1. The molecule has 1 aromatic heterocycles. The largest absolute Gasteiger partial charge is 0.294 e. The number of nitrogens with zero attached hydrogens (tertiary/aromatic N) is 3. The van der Waals surface area contributed by atoms with E-state index in [9.17, 15) is 8.42 Å². The van der Waals surface area contributed by atoms with Gasteiger partial charge in [-0.15, -0.1) is 0 Å². The highest BCUT2D eigenvalue weighted by atomic mass is 32.2. The number of benzene rings is 2. The van der Waals surface area contributed by atoms with Gasteiger partial charge in [0, 0.05) is 18.4 Å². The predicted molar refractivity (Wildman–Crippen MR) is 108 cm³/mol. The summed E-state index contributed by atoms with van der Waals surface area (Å²) >= 11 is 0. The fraction of sp³-hybridized carbons (Fsp3) is 0.100. The first-order valence-corrected chi connectivity index (χ1v) is 10.2. The predicted octanol–water partition coefficient (Wildman–Crippen LogP) is 3.64. The Bertz CT molecular complexity index is 1040. The molecule has 0 unspecified atom stereocenters. The lowest BCUT2D eigenvalue weighted by Gasteiger charge is -2.26. The van der Waals surface area contributed by atoms with Crippen molar-refractivity contribution in [1.82, 2.24) is 14.7 Å². The fourth-order valence-electron chi connectivity index (χ4n) is 2.69. The lowest BCUT2D eigenvalue weighted by atomic mass is 10.1. The smallest absolute Gasteiger partial charge is 0.209 e. The minimum atomic E-state index is -3.27. The van der Waals surface area contributed by atoms with Crippen molar-refractivity contribution in [3.63, 3.8) is 0 Å². The number of sulfonamides is 1. The van der Waals surface area contributed by atoms with Gasteiger partial charge in [0.1, 0.15) is 12.1 Å². The summed E-state index contributed by atoms with van der Waals surface area (Å²) in [5, 5.41) is 0. The van der Waals surface area contributed by atoms with Crippen molar-refractivity contribution in [2.75, 3.05) is 11.2 Å². The van der Waals surface area contributed by atoms with Crippen molar-refractivity contribution >= 4 is 33.3 Å². The van der Waals surface area contributed by atoms with E-state index in [0.29, 0.717) is 5.82 Å². The molecule has 138 valence electrons. The summed E-state index contributed by atoms with van der Waals surface area (Å²) in [7, 11) is -3.27. The number of nitrogens with one attached hydrogen (secondary N) is 1. The zero-order chi connectivity index (χ0) is 19.3. The van der Waals surface area contributed by atoms with Gasteiger partial charge in [0.15, 0.2) is 0 Å². The van der Waals surface area contributed by atoms with Gasteiger partial charge >= 0.3 is 0 Å². The van der Waals surface area contributed by atoms with E-state index in [4.69, 9.17) is 0 Å². The van der Waals surface area contributed by atoms with Crippen LogP contribution in [0.4, 0.5) is 17.2 Å². The Morgan fingerprint density at radius 3 is 2.67 bits per heavy atom. The van der Waals surface area contributed by atoms with E-state index in [1.54, 1.807) is 12.3 Å². The summed E-state index contributed by atoms with van der Waals surface area (Å²) in [6, 6.07) is 17.3. The van der Waals surface area contributed by atoms with E-state index in [-0.39, 0.29) is 6.54 Å². The second kappa shape index (κ2) is 8.11. The first-order chi connectivity index (χ1) is 13.0. The molecule has 0 spiro atoms. The molecule has 3 rings (SSSR count). The lowest BCUT2D eigenvalue weighted by Crippen LogP contribution is -2.21. The molecule has 2 aromatic carbocycles. The molecule has 0 saturated heterocycles. The SMILES string of the molecule is C=Cc1ccccc1N(c1cccc(CNS(C)(=O)=O)c1)c1ccncn1. The summed E-state index contributed by atoms with van der Waals surface area (Å²) in [6.45, 7) is 4.11. The maximum Gasteiger partial charge on any atom is 0.209 e. The number of aromatic nitrogens is 2. The molecule has 0 aliphatic heterocycles. The molecule has 6 nitrogen and oxygen atoms in total. The molecule has 0 aliphatic rings. The topological polar surface area (TPSA) is 75.2 Å². The zero-order valence-corrected chi connectivity index (χ0v) is 15.7. The van der Waals surface area contributed by atoms with E-state index in [2.05, 4.69) is 21.3 Å². The fourth-order valence-corrected chi connectivity index (χ4v) is 3.12. The second-order valence-electron chi connectivity index (χ2n) is 5.93. The van der Waals surface area contributed by atoms with Crippen LogP contribution >= 0.6 is 0 Å². The Morgan fingerprint density at radius 1 is 1.15 bits per heavy atom. The third kappa shape index (κ3) is 4.78. The van der Waals surface area contributed by atoms with Crippen LogP contribution in [-0.4, -0.2) is 24.6 Å². The quantitative estimate of drug-likeness (QED) is 0.677. The normalized spacial score (nSPS) is 11.1. The Labute approximate surface area is 159 Å². The minimum absolute atomic E-state index is 0.216. The number of para-hydroxylation sites is 1. The summed E-state index contributed by atoms with van der Waals surface area (Å²) in [6.07, 6.45) is 6.11. The average molecular weight is 380 g/mol. The van der Waals surface area contributed by atoms with Crippen LogP contribution in [0.1, 0.15) is 11.1 Å². The van der Waals surface area contributed by atoms with Gasteiger partial charge in [0.25, 0.3) is 0 Å². The standard InChI is InChI=1S/C20H20N4O2S/c1-3-17-8-4-5-10-19(17)24(20-11-12-21-15-22-20)18-9-6-7-16(13-18)14-23-27(2,25)26/h3-13,15,23H,1,14H2,2H3. The van der Waals surface area contributed by atoms with Crippen LogP contribution in [0.2, 0.25) is 0 Å². The van der Waals surface area contributed by atoms with Crippen molar-refractivity contribution in [3.05, 3.63) is 84.8 Å². The highest BCUT2D eigenvalue weighted by Gasteiger charge is 2.16. The van der Waals surface area contributed by atoms with Crippen LogP contribution in [0.5, 0.6) is 0 Å². The molecule has 0 fully saturated rings. The van der Waals surface area contributed by atoms with Gasteiger partial charge in [-0.2, -0.15) is 0 Å². The molecule has 0 atom stereocenters. The molecule has 0 amide bonds. The van der Waals surface area contributed by atoms with Gasteiger partial charge in [-0.3, -0.25) is 4.90 Å². The van der Waals surface area contributed by atoms with Crippen LogP contribution in [0, 0.1) is 0 Å². The second-order valence-corrected chi connectivity index (χ2v) is 7.76.